The van der Waals surface area contributed by atoms with E-state index >= 15 is 0 Å². The van der Waals surface area contributed by atoms with Gasteiger partial charge < -0.3 is 4.74 Å². The van der Waals surface area contributed by atoms with Gasteiger partial charge in [-0.25, -0.2) is 8.78 Å². The second kappa shape index (κ2) is 6.67. The lowest BCUT2D eigenvalue weighted by molar-refractivity contribution is 0.291. The van der Waals surface area contributed by atoms with Crippen molar-refractivity contribution in [2.75, 3.05) is 12.4 Å². The molecule has 0 atom stereocenters. The molecule has 0 saturated carbocycles. The van der Waals surface area contributed by atoms with Gasteiger partial charge in [0.2, 0.25) is 0 Å². The van der Waals surface area contributed by atoms with E-state index in [-0.39, 0.29) is 5.75 Å². The third-order valence-electron chi connectivity index (χ3n) is 1.95. The Hall–Kier alpha value is -0.770. The summed E-state index contributed by atoms with van der Waals surface area (Å²) >= 11 is 4.08. The van der Waals surface area contributed by atoms with Crippen molar-refractivity contribution in [2.24, 2.45) is 0 Å². The minimum atomic E-state index is -0.649. The average Bonchev–Trinajstić information content (AvgIpc) is 2.20. The first-order valence-electron chi connectivity index (χ1n) is 4.93. The molecule has 0 saturated heterocycles. The highest BCUT2D eigenvalue weighted by Crippen LogP contribution is 2.17. The topological polar surface area (TPSA) is 9.23 Å². The minimum absolute atomic E-state index is 0.113. The average molecular weight is 232 g/mol. The van der Waals surface area contributed by atoms with E-state index in [2.05, 4.69) is 12.6 Å². The van der Waals surface area contributed by atoms with Gasteiger partial charge >= 0.3 is 0 Å². The number of halogens is 2. The second-order valence-corrected chi connectivity index (χ2v) is 3.65. The molecular weight excluding hydrogens is 218 g/mol. The monoisotopic (exact) mass is 232 g/mol. The number of thiol groups is 1. The summed E-state index contributed by atoms with van der Waals surface area (Å²) in [6.07, 6.45) is 2.89. The fourth-order valence-electron chi connectivity index (χ4n) is 1.17. The van der Waals surface area contributed by atoms with Gasteiger partial charge in [-0.2, -0.15) is 12.6 Å². The smallest absolute Gasteiger partial charge is 0.167 e. The van der Waals surface area contributed by atoms with Crippen molar-refractivity contribution >= 4 is 12.6 Å². The molecule has 1 aromatic carbocycles. The van der Waals surface area contributed by atoms with Crippen LogP contribution < -0.4 is 4.74 Å². The van der Waals surface area contributed by atoms with Crippen LogP contribution in [0.15, 0.2) is 18.2 Å². The lowest BCUT2D eigenvalue weighted by Crippen LogP contribution is -1.99. The van der Waals surface area contributed by atoms with Crippen molar-refractivity contribution in [1.82, 2.24) is 0 Å². The van der Waals surface area contributed by atoms with Crippen molar-refractivity contribution in [1.29, 1.82) is 0 Å². The second-order valence-electron chi connectivity index (χ2n) is 3.21. The Bertz CT molecular complexity index is 305. The van der Waals surface area contributed by atoms with E-state index in [4.69, 9.17) is 4.74 Å². The van der Waals surface area contributed by atoms with Gasteiger partial charge in [0.25, 0.3) is 0 Å². The van der Waals surface area contributed by atoms with Crippen LogP contribution in [0.5, 0.6) is 5.75 Å². The molecule has 84 valence electrons. The molecule has 1 aromatic rings. The van der Waals surface area contributed by atoms with Crippen LogP contribution >= 0.6 is 12.6 Å². The van der Waals surface area contributed by atoms with Gasteiger partial charge in [-0.15, -0.1) is 0 Å². The Morgan fingerprint density at radius 2 is 1.93 bits per heavy atom. The van der Waals surface area contributed by atoms with Crippen LogP contribution in [0.4, 0.5) is 8.78 Å². The molecule has 0 aromatic heterocycles. The molecule has 1 rings (SSSR count). The molecule has 0 aliphatic rings. The van der Waals surface area contributed by atoms with Gasteiger partial charge in [0.1, 0.15) is 5.82 Å². The van der Waals surface area contributed by atoms with E-state index in [0.717, 1.165) is 31.1 Å². The van der Waals surface area contributed by atoms with Crippen LogP contribution in [-0.4, -0.2) is 12.4 Å². The summed E-state index contributed by atoms with van der Waals surface area (Å²) in [4.78, 5) is 0. The van der Waals surface area contributed by atoms with E-state index in [1.54, 1.807) is 0 Å². The van der Waals surface area contributed by atoms with Crippen molar-refractivity contribution in [2.45, 2.75) is 19.3 Å². The number of hydrogen-bond acceptors (Lipinski definition) is 2. The van der Waals surface area contributed by atoms with Crippen LogP contribution in [0, 0.1) is 11.6 Å². The number of hydrogen-bond donors (Lipinski definition) is 1. The Labute approximate surface area is 93.9 Å². The summed E-state index contributed by atoms with van der Waals surface area (Å²) in [5.41, 5.74) is 0. The van der Waals surface area contributed by atoms with Gasteiger partial charge in [0.15, 0.2) is 11.6 Å². The number of benzene rings is 1. The maximum atomic E-state index is 13.0. The number of ether oxygens (including phenoxy) is 1. The fraction of sp³-hybridized carbons (Fsp3) is 0.455. The summed E-state index contributed by atoms with van der Waals surface area (Å²) in [7, 11) is 0. The van der Waals surface area contributed by atoms with Crippen molar-refractivity contribution in [3.63, 3.8) is 0 Å². The highest BCUT2D eigenvalue weighted by molar-refractivity contribution is 7.80. The van der Waals surface area contributed by atoms with E-state index in [1.807, 2.05) is 0 Å². The summed E-state index contributed by atoms with van der Waals surface area (Å²) in [5.74, 6) is -0.272. The molecule has 1 nitrogen and oxygen atoms in total. The Morgan fingerprint density at radius 3 is 2.60 bits per heavy atom. The van der Waals surface area contributed by atoms with E-state index in [1.165, 1.54) is 12.1 Å². The van der Waals surface area contributed by atoms with Crippen LogP contribution in [-0.2, 0) is 0 Å². The molecule has 0 aliphatic carbocycles. The third kappa shape index (κ3) is 4.51. The van der Waals surface area contributed by atoms with E-state index < -0.39 is 11.6 Å². The maximum absolute atomic E-state index is 13.0. The highest BCUT2D eigenvalue weighted by atomic mass is 32.1. The van der Waals surface area contributed by atoms with Gasteiger partial charge in [0, 0.05) is 6.07 Å². The lowest BCUT2D eigenvalue weighted by atomic mass is 10.2. The van der Waals surface area contributed by atoms with Gasteiger partial charge in [-0.05, 0) is 37.1 Å². The van der Waals surface area contributed by atoms with E-state index in [0.29, 0.717) is 6.61 Å². The number of unbranched alkanes of at least 4 members (excludes halogenated alkanes) is 2. The zero-order valence-electron chi connectivity index (χ0n) is 8.38. The highest BCUT2D eigenvalue weighted by Gasteiger charge is 2.03. The predicted octanol–water partition coefficient (Wildman–Crippen LogP) is 3.44. The van der Waals surface area contributed by atoms with Crippen LogP contribution in [0.25, 0.3) is 0 Å². The molecule has 0 spiro atoms. The molecule has 0 aliphatic heterocycles. The van der Waals surface area contributed by atoms with Gasteiger partial charge in [0.05, 0.1) is 6.61 Å². The van der Waals surface area contributed by atoms with Crippen molar-refractivity contribution < 1.29 is 13.5 Å². The van der Waals surface area contributed by atoms with Crippen LogP contribution in [0.2, 0.25) is 0 Å². The van der Waals surface area contributed by atoms with Gasteiger partial charge in [-0.1, -0.05) is 0 Å². The molecule has 0 fully saturated rings. The maximum Gasteiger partial charge on any atom is 0.167 e. The van der Waals surface area contributed by atoms with Crippen LogP contribution in [0.1, 0.15) is 19.3 Å². The molecular formula is C11H14F2OS. The Balaban J connectivity index is 2.31. The lowest BCUT2D eigenvalue weighted by Gasteiger charge is -2.06. The zero-order chi connectivity index (χ0) is 11.1. The first-order valence-corrected chi connectivity index (χ1v) is 5.56. The summed E-state index contributed by atoms with van der Waals surface area (Å²) in [5, 5.41) is 0. The van der Waals surface area contributed by atoms with E-state index in [9.17, 15) is 8.78 Å². The SMILES string of the molecule is Fc1ccc(OCCCCCS)c(F)c1. The standard InChI is InChI=1S/C11H14F2OS/c12-9-4-5-11(10(13)8-9)14-6-2-1-3-7-15/h4-5,8,15H,1-3,6-7H2. The fourth-order valence-corrected chi connectivity index (χ4v) is 1.39. The van der Waals surface area contributed by atoms with Crippen LogP contribution in [0.3, 0.4) is 0 Å². The summed E-state index contributed by atoms with van der Waals surface area (Å²) < 4.78 is 30.8. The molecule has 0 radical (unpaired) electrons. The molecule has 0 bridgehead atoms. The molecule has 0 unspecified atom stereocenters. The molecule has 0 N–H and O–H groups in total. The normalized spacial score (nSPS) is 10.3. The molecule has 15 heavy (non-hydrogen) atoms. The first kappa shape index (κ1) is 12.3. The predicted molar refractivity (Wildman–Crippen MR) is 59.6 cm³/mol. The molecule has 0 heterocycles. The van der Waals surface area contributed by atoms with Crippen molar-refractivity contribution in [3.05, 3.63) is 29.8 Å². The van der Waals surface area contributed by atoms with Crippen molar-refractivity contribution in [3.8, 4) is 5.75 Å². The molecule has 4 heteroatoms. The Morgan fingerprint density at radius 1 is 1.13 bits per heavy atom. The van der Waals surface area contributed by atoms with Gasteiger partial charge in [-0.3, -0.25) is 0 Å². The minimum Gasteiger partial charge on any atom is -0.491 e. The third-order valence-corrected chi connectivity index (χ3v) is 2.27. The summed E-state index contributed by atoms with van der Waals surface area (Å²) in [6, 6.07) is 3.32. The Kier molecular flexibility index (Phi) is 5.47. The molecule has 0 amide bonds. The largest absolute Gasteiger partial charge is 0.491 e. The first-order chi connectivity index (χ1) is 7.24. The quantitative estimate of drug-likeness (QED) is 0.584. The zero-order valence-corrected chi connectivity index (χ0v) is 9.27. The number of rotatable bonds is 6. The summed E-state index contributed by atoms with van der Waals surface area (Å²) in [6.45, 7) is 0.455.